The summed E-state index contributed by atoms with van der Waals surface area (Å²) in [6, 6.07) is 0. The first-order valence-corrected chi connectivity index (χ1v) is 7.27. The van der Waals surface area contributed by atoms with E-state index in [1.165, 1.54) is 0 Å². The van der Waals surface area contributed by atoms with Gasteiger partial charge in [-0.1, -0.05) is 16.8 Å². The second-order valence-corrected chi connectivity index (χ2v) is 5.75. The van der Waals surface area contributed by atoms with Crippen LogP contribution in [-0.4, -0.2) is 29.9 Å². The number of aromatic nitrogens is 6. The number of pyridine rings is 1. The molecular weight excluding hydrogens is 358 g/mol. The highest BCUT2D eigenvalue weighted by Gasteiger charge is 2.14. The number of anilines is 1. The van der Waals surface area contributed by atoms with Crippen LogP contribution in [-0.2, 0) is 6.54 Å². The Morgan fingerprint density at radius 2 is 2.10 bits per heavy atom. The molecule has 0 bridgehead atoms. The molecule has 0 saturated carbocycles. The van der Waals surface area contributed by atoms with Gasteiger partial charge in [-0.3, -0.25) is 4.98 Å². The third kappa shape index (κ3) is 2.44. The van der Waals surface area contributed by atoms with Gasteiger partial charge in [0.2, 0.25) is 5.95 Å². The number of nitrogens with zero attached hydrogens (tertiary/aromatic N) is 6. The van der Waals surface area contributed by atoms with Crippen LogP contribution < -0.4 is 5.73 Å². The third-order valence-corrected chi connectivity index (χ3v) is 4.29. The lowest BCUT2D eigenvalue weighted by Gasteiger charge is -2.08. The number of aryl methyl sites for hydroxylation is 1. The van der Waals surface area contributed by atoms with Crippen LogP contribution >= 0.6 is 27.5 Å². The van der Waals surface area contributed by atoms with Gasteiger partial charge in [-0.2, -0.15) is 4.98 Å². The van der Waals surface area contributed by atoms with Crippen LogP contribution in [0.15, 0.2) is 10.8 Å². The van der Waals surface area contributed by atoms with Crippen molar-refractivity contribution in [3.05, 3.63) is 32.6 Å². The maximum atomic E-state index is 6.25. The van der Waals surface area contributed by atoms with E-state index in [-0.39, 0.29) is 5.95 Å². The van der Waals surface area contributed by atoms with Crippen LogP contribution in [0.25, 0.3) is 11.2 Å². The molecule has 0 atom stereocenters. The van der Waals surface area contributed by atoms with E-state index in [1.807, 2.05) is 13.8 Å². The Kier molecular flexibility index (Phi) is 3.50. The summed E-state index contributed by atoms with van der Waals surface area (Å²) in [5.41, 5.74) is 9.44. The summed E-state index contributed by atoms with van der Waals surface area (Å²) in [7, 11) is 0. The third-order valence-electron chi connectivity index (χ3n) is 3.16. The Morgan fingerprint density at radius 1 is 1.33 bits per heavy atom. The van der Waals surface area contributed by atoms with Crippen LogP contribution in [0.2, 0.25) is 5.02 Å². The van der Waals surface area contributed by atoms with Crippen molar-refractivity contribution in [1.29, 1.82) is 0 Å². The van der Waals surface area contributed by atoms with E-state index in [9.17, 15) is 0 Å². The minimum Gasteiger partial charge on any atom is -0.368 e. The van der Waals surface area contributed by atoms with Gasteiger partial charge in [-0.05, 0) is 40.9 Å². The van der Waals surface area contributed by atoms with Gasteiger partial charge in [-0.15, -0.1) is 5.10 Å². The summed E-state index contributed by atoms with van der Waals surface area (Å²) < 4.78 is 2.14. The monoisotopic (exact) mass is 367 g/mol. The molecule has 2 N–H and O–H groups in total. The van der Waals surface area contributed by atoms with Gasteiger partial charge in [-0.25, -0.2) is 9.67 Å². The maximum Gasteiger partial charge on any atom is 0.223 e. The predicted octanol–water partition coefficient (Wildman–Crippen LogP) is 2.28. The number of hydrogen-bond donors (Lipinski definition) is 1. The zero-order valence-corrected chi connectivity index (χ0v) is 13.6. The van der Waals surface area contributed by atoms with Crippen molar-refractivity contribution in [2.24, 2.45) is 0 Å². The largest absolute Gasteiger partial charge is 0.368 e. The average Bonchev–Trinajstić information content (AvgIpc) is 2.83. The molecule has 0 spiro atoms. The quantitative estimate of drug-likeness (QED) is 0.697. The summed E-state index contributed by atoms with van der Waals surface area (Å²) in [6.07, 6.45) is 1.74. The fraction of sp³-hybridized carbons (Fsp3) is 0.250. The summed E-state index contributed by atoms with van der Waals surface area (Å²) in [4.78, 5) is 12.6. The number of hydrogen-bond acceptors (Lipinski definition) is 6. The lowest BCUT2D eigenvalue weighted by molar-refractivity contribution is 0.649. The number of nitrogens with two attached hydrogens (primary N) is 1. The van der Waals surface area contributed by atoms with Gasteiger partial charge < -0.3 is 5.73 Å². The van der Waals surface area contributed by atoms with Gasteiger partial charge >= 0.3 is 0 Å². The lowest BCUT2D eigenvalue weighted by atomic mass is 10.1. The Bertz CT molecular complexity index is 845. The van der Waals surface area contributed by atoms with Crippen molar-refractivity contribution in [3.8, 4) is 0 Å². The highest BCUT2D eigenvalue weighted by Crippen LogP contribution is 2.23. The zero-order valence-electron chi connectivity index (χ0n) is 11.3. The molecule has 0 unspecified atom stereocenters. The topological polar surface area (TPSA) is 95.4 Å². The summed E-state index contributed by atoms with van der Waals surface area (Å²) in [6.45, 7) is 4.25. The SMILES string of the molecule is Cc1cnc(Cn2nnc3c(Br)nc(N)nc32)c(C)c1Cl. The molecule has 108 valence electrons. The zero-order chi connectivity index (χ0) is 15.1. The van der Waals surface area contributed by atoms with E-state index in [1.54, 1.807) is 10.9 Å². The molecule has 0 amide bonds. The molecule has 0 aromatic carbocycles. The standard InChI is InChI=1S/C12H11BrClN7/c1-5-3-16-7(6(2)8(5)14)4-21-11-9(19-20-21)10(13)17-12(15)18-11/h3H,4H2,1-2H3,(H2,15,17,18). The molecule has 9 heteroatoms. The van der Waals surface area contributed by atoms with Gasteiger partial charge in [0.05, 0.1) is 12.2 Å². The molecule has 3 heterocycles. The van der Waals surface area contributed by atoms with Crippen LogP contribution in [0.4, 0.5) is 5.95 Å². The minimum absolute atomic E-state index is 0.157. The smallest absolute Gasteiger partial charge is 0.223 e. The highest BCUT2D eigenvalue weighted by atomic mass is 79.9. The summed E-state index contributed by atoms with van der Waals surface area (Å²) in [5, 5.41) is 8.84. The molecule has 0 saturated heterocycles. The molecule has 0 fully saturated rings. The van der Waals surface area contributed by atoms with Gasteiger partial charge in [0.15, 0.2) is 11.2 Å². The van der Waals surface area contributed by atoms with E-state index in [4.69, 9.17) is 17.3 Å². The molecule has 3 aromatic rings. The molecule has 21 heavy (non-hydrogen) atoms. The van der Waals surface area contributed by atoms with Crippen LogP contribution in [0, 0.1) is 13.8 Å². The Balaban J connectivity index is 2.09. The van der Waals surface area contributed by atoms with E-state index < -0.39 is 0 Å². The fourth-order valence-corrected chi connectivity index (χ4v) is 2.59. The molecule has 7 nitrogen and oxygen atoms in total. The molecule has 0 radical (unpaired) electrons. The molecule has 3 aromatic heterocycles. The van der Waals surface area contributed by atoms with E-state index in [0.717, 1.165) is 16.8 Å². The van der Waals surface area contributed by atoms with Crippen molar-refractivity contribution in [2.75, 3.05) is 5.73 Å². The van der Waals surface area contributed by atoms with Crippen molar-refractivity contribution >= 4 is 44.6 Å². The van der Waals surface area contributed by atoms with Crippen molar-refractivity contribution in [1.82, 2.24) is 29.9 Å². The molecule has 0 aliphatic rings. The molecule has 3 rings (SSSR count). The lowest BCUT2D eigenvalue weighted by Crippen LogP contribution is -2.08. The summed E-state index contributed by atoms with van der Waals surface area (Å²) in [5.74, 6) is 0.157. The maximum absolute atomic E-state index is 6.25. The van der Waals surface area contributed by atoms with Gasteiger partial charge in [0.1, 0.15) is 4.60 Å². The first kappa shape index (κ1) is 14.2. The van der Waals surface area contributed by atoms with E-state index in [2.05, 4.69) is 41.2 Å². The number of fused-ring (bicyclic) bond motifs is 1. The molecule has 0 aliphatic heterocycles. The second kappa shape index (κ2) is 5.19. The molecule has 0 aliphatic carbocycles. The van der Waals surface area contributed by atoms with Crippen LogP contribution in [0.5, 0.6) is 0 Å². The number of nitrogen functional groups attached to an aromatic ring is 1. The van der Waals surface area contributed by atoms with Crippen LogP contribution in [0.3, 0.4) is 0 Å². The molecular formula is C12H11BrClN7. The summed E-state index contributed by atoms with van der Waals surface area (Å²) >= 11 is 9.55. The van der Waals surface area contributed by atoms with Gasteiger partial charge in [0.25, 0.3) is 0 Å². The van der Waals surface area contributed by atoms with Gasteiger partial charge in [0, 0.05) is 11.2 Å². The number of halogens is 2. The Morgan fingerprint density at radius 3 is 2.86 bits per heavy atom. The van der Waals surface area contributed by atoms with E-state index >= 15 is 0 Å². The second-order valence-electron chi connectivity index (χ2n) is 4.62. The predicted molar refractivity (Wildman–Crippen MR) is 83.1 cm³/mol. The highest BCUT2D eigenvalue weighted by molar-refractivity contribution is 9.10. The number of rotatable bonds is 2. The average molecular weight is 369 g/mol. The Hall–Kier alpha value is -1.80. The minimum atomic E-state index is 0.157. The van der Waals surface area contributed by atoms with Crippen LogP contribution in [0.1, 0.15) is 16.8 Å². The van der Waals surface area contributed by atoms with Crippen molar-refractivity contribution in [3.63, 3.8) is 0 Å². The first-order valence-electron chi connectivity index (χ1n) is 6.10. The van der Waals surface area contributed by atoms with Crippen molar-refractivity contribution < 1.29 is 0 Å². The van der Waals surface area contributed by atoms with Crippen molar-refractivity contribution in [2.45, 2.75) is 20.4 Å². The van der Waals surface area contributed by atoms with E-state index in [0.29, 0.717) is 27.3 Å². The Labute approximate surface area is 133 Å². The fourth-order valence-electron chi connectivity index (χ4n) is 2.00. The first-order chi connectivity index (χ1) is 9.97. The normalized spacial score (nSPS) is 11.2.